The van der Waals surface area contributed by atoms with E-state index in [1.54, 1.807) is 14.2 Å². The summed E-state index contributed by atoms with van der Waals surface area (Å²) in [5.41, 5.74) is 3.33. The Hall–Kier alpha value is -2.09. The van der Waals surface area contributed by atoms with Crippen molar-refractivity contribution in [1.29, 1.82) is 0 Å². The number of fused-ring (bicyclic) bond motifs is 1. The van der Waals surface area contributed by atoms with Gasteiger partial charge in [-0.15, -0.1) is 0 Å². The molecule has 0 atom stereocenters. The van der Waals surface area contributed by atoms with Gasteiger partial charge in [-0.25, -0.2) is 13.1 Å². The van der Waals surface area contributed by atoms with Crippen molar-refractivity contribution < 1.29 is 17.9 Å². The molecule has 0 unspecified atom stereocenters. The molecule has 0 saturated carbocycles. The average molecular weight is 405 g/mol. The van der Waals surface area contributed by atoms with Crippen molar-refractivity contribution in [2.75, 3.05) is 33.9 Å². The summed E-state index contributed by atoms with van der Waals surface area (Å²) >= 11 is 0. The number of rotatable bonds is 9. The van der Waals surface area contributed by atoms with Crippen LogP contribution in [0.25, 0.3) is 0 Å². The van der Waals surface area contributed by atoms with E-state index in [-0.39, 0.29) is 5.75 Å². The Morgan fingerprint density at radius 1 is 1.04 bits per heavy atom. The molecule has 0 spiro atoms. The molecule has 0 saturated heterocycles. The fraction of sp³-hybridized carbons (Fsp3) is 0.429. The topological polar surface area (TPSA) is 67.9 Å². The molecule has 0 fully saturated rings. The van der Waals surface area contributed by atoms with E-state index >= 15 is 0 Å². The quantitative estimate of drug-likeness (QED) is 0.651. The summed E-state index contributed by atoms with van der Waals surface area (Å²) in [6.45, 7) is 3.10. The molecular formula is C21H28N2O4S. The average Bonchev–Trinajstić information content (AvgIpc) is 2.70. The van der Waals surface area contributed by atoms with Gasteiger partial charge >= 0.3 is 0 Å². The standard InChI is InChI=1S/C21H28N2O4S/c1-26-20-13-18-9-12-23(15-19(18)14-21(20)27-2)11-6-10-22-28(24,25)16-17-7-4-3-5-8-17/h3-5,7-8,13-14,22H,6,9-12,15-16H2,1-2H3. The molecule has 152 valence electrons. The van der Waals surface area contributed by atoms with Crippen LogP contribution in [0.4, 0.5) is 0 Å². The highest BCUT2D eigenvalue weighted by Crippen LogP contribution is 2.33. The highest BCUT2D eigenvalue weighted by atomic mass is 32.2. The number of nitrogens with one attached hydrogen (secondary N) is 1. The first-order valence-electron chi connectivity index (χ1n) is 9.48. The molecule has 0 radical (unpaired) electrons. The van der Waals surface area contributed by atoms with Crippen molar-refractivity contribution in [3.63, 3.8) is 0 Å². The third-order valence-corrected chi connectivity index (χ3v) is 6.33. The molecule has 6 nitrogen and oxygen atoms in total. The van der Waals surface area contributed by atoms with Crippen molar-refractivity contribution in [2.24, 2.45) is 0 Å². The van der Waals surface area contributed by atoms with E-state index in [9.17, 15) is 8.42 Å². The lowest BCUT2D eigenvalue weighted by atomic mass is 9.98. The number of hydrogen-bond acceptors (Lipinski definition) is 5. The van der Waals surface area contributed by atoms with Crippen LogP contribution in [0.15, 0.2) is 42.5 Å². The Labute approximate surface area is 167 Å². The largest absolute Gasteiger partial charge is 0.493 e. The number of benzene rings is 2. The molecule has 0 bridgehead atoms. The lowest BCUT2D eigenvalue weighted by Crippen LogP contribution is -2.34. The third kappa shape index (κ3) is 5.47. The summed E-state index contributed by atoms with van der Waals surface area (Å²) in [6, 6.07) is 13.3. The van der Waals surface area contributed by atoms with Gasteiger partial charge in [-0.2, -0.15) is 0 Å². The normalized spacial score (nSPS) is 14.5. The Kier molecular flexibility index (Phi) is 6.93. The van der Waals surface area contributed by atoms with Crippen molar-refractivity contribution in [1.82, 2.24) is 9.62 Å². The van der Waals surface area contributed by atoms with E-state index in [1.807, 2.05) is 36.4 Å². The molecule has 0 aromatic heterocycles. The molecule has 3 rings (SSSR count). The van der Waals surface area contributed by atoms with Gasteiger partial charge in [-0.05, 0) is 48.2 Å². The summed E-state index contributed by atoms with van der Waals surface area (Å²) in [6.07, 6.45) is 1.73. The lowest BCUT2D eigenvalue weighted by molar-refractivity contribution is 0.250. The molecule has 7 heteroatoms. The third-order valence-electron chi connectivity index (χ3n) is 4.97. The van der Waals surface area contributed by atoms with Crippen LogP contribution in [0.5, 0.6) is 11.5 Å². The van der Waals surface area contributed by atoms with Gasteiger partial charge in [0.2, 0.25) is 10.0 Å². The molecule has 0 amide bonds. The minimum Gasteiger partial charge on any atom is -0.493 e. The van der Waals surface area contributed by atoms with Crippen molar-refractivity contribution in [3.8, 4) is 11.5 Å². The summed E-state index contributed by atoms with van der Waals surface area (Å²) in [5.74, 6) is 1.53. The van der Waals surface area contributed by atoms with Crippen LogP contribution in [0.1, 0.15) is 23.1 Å². The van der Waals surface area contributed by atoms with Gasteiger partial charge in [0.25, 0.3) is 0 Å². The number of sulfonamides is 1. The van der Waals surface area contributed by atoms with Crippen molar-refractivity contribution >= 4 is 10.0 Å². The Morgan fingerprint density at radius 2 is 1.71 bits per heavy atom. The SMILES string of the molecule is COc1cc2c(cc1OC)CN(CCCNS(=O)(=O)Cc1ccccc1)CC2. The maximum absolute atomic E-state index is 12.2. The molecule has 1 N–H and O–H groups in total. The Morgan fingerprint density at radius 3 is 2.39 bits per heavy atom. The van der Waals surface area contributed by atoms with Crippen molar-refractivity contribution in [3.05, 3.63) is 59.2 Å². The second kappa shape index (κ2) is 9.41. The number of hydrogen-bond donors (Lipinski definition) is 1. The Balaban J connectivity index is 1.47. The van der Waals surface area contributed by atoms with Gasteiger partial charge in [0, 0.05) is 19.6 Å². The van der Waals surface area contributed by atoms with Crippen LogP contribution in [0.2, 0.25) is 0 Å². The van der Waals surface area contributed by atoms with Crippen molar-refractivity contribution in [2.45, 2.75) is 25.1 Å². The molecule has 1 aliphatic rings. The van der Waals surface area contributed by atoms with Crippen LogP contribution in [-0.2, 0) is 28.7 Å². The second-order valence-electron chi connectivity index (χ2n) is 6.99. The minimum absolute atomic E-state index is 0.0204. The Bertz CT molecular complexity index is 885. The van der Waals surface area contributed by atoms with E-state index in [0.717, 1.165) is 49.5 Å². The number of ether oxygens (including phenoxy) is 2. The van der Waals surface area contributed by atoms with Crippen LogP contribution < -0.4 is 14.2 Å². The first-order valence-corrected chi connectivity index (χ1v) is 11.1. The monoisotopic (exact) mass is 404 g/mol. The van der Waals surface area contributed by atoms with Crippen LogP contribution in [0.3, 0.4) is 0 Å². The van der Waals surface area contributed by atoms with Gasteiger partial charge in [-0.1, -0.05) is 30.3 Å². The maximum Gasteiger partial charge on any atom is 0.215 e. The van der Waals surface area contributed by atoms with Crippen LogP contribution in [0, 0.1) is 0 Å². The maximum atomic E-state index is 12.2. The smallest absolute Gasteiger partial charge is 0.215 e. The summed E-state index contributed by atoms with van der Waals surface area (Å²) in [7, 11) is -0.00566. The zero-order valence-electron chi connectivity index (χ0n) is 16.5. The predicted octanol–water partition coefficient (Wildman–Crippen LogP) is 2.57. The highest BCUT2D eigenvalue weighted by Gasteiger charge is 2.19. The molecule has 1 heterocycles. The molecule has 0 aliphatic carbocycles. The van der Waals surface area contributed by atoms with Gasteiger partial charge in [0.05, 0.1) is 20.0 Å². The molecular weight excluding hydrogens is 376 g/mol. The van der Waals surface area contributed by atoms with E-state index in [4.69, 9.17) is 9.47 Å². The van der Waals surface area contributed by atoms with Crippen LogP contribution >= 0.6 is 0 Å². The second-order valence-corrected chi connectivity index (χ2v) is 8.80. The first-order chi connectivity index (χ1) is 13.5. The predicted molar refractivity (Wildman–Crippen MR) is 110 cm³/mol. The number of nitrogens with zero attached hydrogens (tertiary/aromatic N) is 1. The zero-order chi connectivity index (χ0) is 20.0. The highest BCUT2D eigenvalue weighted by molar-refractivity contribution is 7.88. The summed E-state index contributed by atoms with van der Waals surface area (Å²) in [5, 5.41) is 0. The van der Waals surface area contributed by atoms with Gasteiger partial charge in [0.1, 0.15) is 0 Å². The van der Waals surface area contributed by atoms with Gasteiger partial charge < -0.3 is 9.47 Å². The first kappa shape index (κ1) is 20.6. The van der Waals surface area contributed by atoms with E-state index in [1.165, 1.54) is 11.1 Å². The van der Waals surface area contributed by atoms with Crippen LogP contribution in [-0.4, -0.2) is 47.2 Å². The summed E-state index contributed by atoms with van der Waals surface area (Å²) in [4.78, 5) is 2.35. The lowest BCUT2D eigenvalue weighted by Gasteiger charge is -2.29. The minimum atomic E-state index is -3.30. The van der Waals surface area contributed by atoms with E-state index < -0.39 is 10.0 Å². The van der Waals surface area contributed by atoms with E-state index in [2.05, 4.69) is 15.7 Å². The molecule has 28 heavy (non-hydrogen) atoms. The summed E-state index contributed by atoms with van der Waals surface area (Å²) < 4.78 is 37.9. The van der Waals surface area contributed by atoms with Gasteiger partial charge in [0.15, 0.2) is 11.5 Å². The fourth-order valence-electron chi connectivity index (χ4n) is 3.51. The number of methoxy groups -OCH3 is 2. The molecule has 2 aromatic carbocycles. The van der Waals surface area contributed by atoms with E-state index in [0.29, 0.717) is 6.54 Å². The fourth-order valence-corrected chi connectivity index (χ4v) is 4.70. The molecule has 1 aliphatic heterocycles. The zero-order valence-corrected chi connectivity index (χ0v) is 17.3. The van der Waals surface area contributed by atoms with Gasteiger partial charge in [-0.3, -0.25) is 4.90 Å². The molecule has 2 aromatic rings.